The van der Waals surface area contributed by atoms with E-state index in [2.05, 4.69) is 65.4 Å². The first kappa shape index (κ1) is 15.3. The number of hydrogen-bond acceptors (Lipinski definition) is 2. The van der Waals surface area contributed by atoms with E-state index in [-0.39, 0.29) is 0 Å². The molecule has 2 aromatic rings. The maximum absolute atomic E-state index is 3.74. The number of benzene rings is 1. The van der Waals surface area contributed by atoms with Crippen molar-refractivity contribution in [1.29, 1.82) is 0 Å². The molecule has 0 spiro atoms. The molecule has 0 aliphatic heterocycles. The van der Waals surface area contributed by atoms with Gasteiger partial charge in [-0.2, -0.15) is 0 Å². The summed E-state index contributed by atoms with van der Waals surface area (Å²) in [6, 6.07) is 11.8. The van der Waals surface area contributed by atoms with E-state index >= 15 is 0 Å². The molecule has 0 bridgehead atoms. The maximum atomic E-state index is 3.74. The molecule has 112 valence electrons. The smallest absolute Gasteiger partial charge is 0.0391 e. The highest BCUT2D eigenvalue weighted by atomic mass is 79.9. The molecule has 0 saturated heterocycles. The Morgan fingerprint density at radius 3 is 2.48 bits per heavy atom. The van der Waals surface area contributed by atoms with Gasteiger partial charge in [-0.3, -0.25) is 0 Å². The van der Waals surface area contributed by atoms with Crippen LogP contribution in [0.1, 0.15) is 59.7 Å². The van der Waals surface area contributed by atoms with Gasteiger partial charge in [0.15, 0.2) is 0 Å². The molecule has 1 aromatic heterocycles. The van der Waals surface area contributed by atoms with Crippen LogP contribution >= 0.6 is 27.3 Å². The van der Waals surface area contributed by atoms with E-state index in [1.54, 1.807) is 10.4 Å². The van der Waals surface area contributed by atoms with Gasteiger partial charge in [0.25, 0.3) is 0 Å². The molecule has 0 saturated carbocycles. The lowest BCUT2D eigenvalue weighted by molar-refractivity contribution is 0.500. The molecule has 1 N–H and O–H groups in total. The number of fused-ring (bicyclic) bond motifs is 1. The molecule has 1 heterocycles. The summed E-state index contributed by atoms with van der Waals surface area (Å²) in [5.74, 6) is 0. The Labute approximate surface area is 139 Å². The monoisotopic (exact) mass is 363 g/mol. The predicted octanol–water partition coefficient (Wildman–Crippen LogP) is 5.80. The fourth-order valence-corrected chi connectivity index (χ4v) is 4.57. The minimum atomic E-state index is 0.368. The Bertz CT molecular complexity index is 579. The van der Waals surface area contributed by atoms with Crippen molar-refractivity contribution in [2.24, 2.45) is 0 Å². The van der Waals surface area contributed by atoms with Crippen molar-refractivity contribution in [2.45, 2.75) is 51.6 Å². The third-order valence-corrected chi connectivity index (χ3v) is 6.26. The SMILES string of the molecule is CC(N[C@H](C)c1ccc(Br)cc1)c1cc2c(s1)CCCC2. The van der Waals surface area contributed by atoms with Gasteiger partial charge in [-0.25, -0.2) is 0 Å². The maximum Gasteiger partial charge on any atom is 0.0391 e. The van der Waals surface area contributed by atoms with E-state index in [9.17, 15) is 0 Å². The molecule has 0 radical (unpaired) electrons. The van der Waals surface area contributed by atoms with Crippen LogP contribution in [0.5, 0.6) is 0 Å². The fraction of sp³-hybridized carbons (Fsp3) is 0.444. The van der Waals surface area contributed by atoms with Gasteiger partial charge in [-0.15, -0.1) is 11.3 Å². The number of hydrogen-bond donors (Lipinski definition) is 1. The average molecular weight is 364 g/mol. The van der Waals surface area contributed by atoms with E-state index in [4.69, 9.17) is 0 Å². The topological polar surface area (TPSA) is 12.0 Å². The van der Waals surface area contributed by atoms with Crippen LogP contribution in [0.25, 0.3) is 0 Å². The predicted molar refractivity (Wildman–Crippen MR) is 95.1 cm³/mol. The van der Waals surface area contributed by atoms with Gasteiger partial charge in [-0.05, 0) is 68.9 Å². The van der Waals surface area contributed by atoms with Gasteiger partial charge in [-0.1, -0.05) is 28.1 Å². The quantitative estimate of drug-likeness (QED) is 0.723. The molecule has 1 aliphatic rings. The van der Waals surface area contributed by atoms with Crippen LogP contribution in [-0.2, 0) is 12.8 Å². The summed E-state index contributed by atoms with van der Waals surface area (Å²) in [7, 11) is 0. The van der Waals surface area contributed by atoms with Gasteiger partial charge >= 0.3 is 0 Å². The van der Waals surface area contributed by atoms with Crippen molar-refractivity contribution in [3.63, 3.8) is 0 Å². The summed E-state index contributed by atoms with van der Waals surface area (Å²) in [6.45, 7) is 4.53. The first-order chi connectivity index (χ1) is 10.1. The molecular weight excluding hydrogens is 342 g/mol. The van der Waals surface area contributed by atoms with Crippen LogP contribution < -0.4 is 5.32 Å². The molecule has 21 heavy (non-hydrogen) atoms. The Hall–Kier alpha value is -0.640. The van der Waals surface area contributed by atoms with Gasteiger partial charge in [0.05, 0.1) is 0 Å². The number of nitrogens with one attached hydrogen (secondary N) is 1. The third kappa shape index (κ3) is 3.58. The van der Waals surface area contributed by atoms with Gasteiger partial charge in [0.1, 0.15) is 0 Å². The number of aryl methyl sites for hydroxylation is 2. The Morgan fingerprint density at radius 2 is 1.76 bits per heavy atom. The summed E-state index contributed by atoms with van der Waals surface area (Å²) >= 11 is 5.51. The van der Waals surface area contributed by atoms with Crippen LogP contribution in [0.2, 0.25) is 0 Å². The molecule has 0 fully saturated rings. The standard InChI is InChI=1S/C18H22BrNS/c1-12(14-7-9-16(19)10-8-14)20-13(2)18-11-15-5-3-4-6-17(15)21-18/h7-13,20H,3-6H2,1-2H3/t12-,13?/m1/s1. The van der Waals surface area contributed by atoms with Gasteiger partial charge in [0.2, 0.25) is 0 Å². The molecule has 3 heteroatoms. The Morgan fingerprint density at radius 1 is 1.05 bits per heavy atom. The van der Waals surface area contributed by atoms with Crippen LogP contribution in [0.3, 0.4) is 0 Å². The van der Waals surface area contributed by atoms with Crippen molar-refractivity contribution in [2.75, 3.05) is 0 Å². The average Bonchev–Trinajstić information content (AvgIpc) is 2.92. The van der Waals surface area contributed by atoms with Crippen molar-refractivity contribution >= 4 is 27.3 Å². The molecule has 3 rings (SSSR count). The van der Waals surface area contributed by atoms with E-state index in [1.165, 1.54) is 36.1 Å². The molecule has 2 atom stereocenters. The molecule has 1 aliphatic carbocycles. The number of thiophene rings is 1. The molecular formula is C18H22BrNS. The van der Waals surface area contributed by atoms with Crippen LogP contribution in [0, 0.1) is 0 Å². The Balaban J connectivity index is 1.69. The summed E-state index contributed by atoms with van der Waals surface area (Å²) in [4.78, 5) is 3.12. The first-order valence-corrected chi connectivity index (χ1v) is 9.37. The second-order valence-electron chi connectivity index (χ2n) is 5.97. The molecule has 1 unspecified atom stereocenters. The minimum absolute atomic E-state index is 0.368. The van der Waals surface area contributed by atoms with Crippen molar-refractivity contribution in [3.8, 4) is 0 Å². The van der Waals surface area contributed by atoms with E-state index in [0.29, 0.717) is 12.1 Å². The zero-order valence-corrected chi connectivity index (χ0v) is 15.1. The highest BCUT2D eigenvalue weighted by Crippen LogP contribution is 2.33. The van der Waals surface area contributed by atoms with Gasteiger partial charge in [0, 0.05) is 26.3 Å². The first-order valence-electron chi connectivity index (χ1n) is 7.76. The van der Waals surface area contributed by atoms with E-state index in [1.807, 2.05) is 11.3 Å². The fourth-order valence-electron chi connectivity index (χ4n) is 3.03. The normalized spacial score (nSPS) is 17.3. The zero-order chi connectivity index (χ0) is 14.8. The Kier molecular flexibility index (Phi) is 4.82. The van der Waals surface area contributed by atoms with Crippen molar-refractivity contribution in [3.05, 3.63) is 55.7 Å². The van der Waals surface area contributed by atoms with Crippen molar-refractivity contribution in [1.82, 2.24) is 5.32 Å². The largest absolute Gasteiger partial charge is 0.303 e. The lowest BCUT2D eigenvalue weighted by Gasteiger charge is -2.19. The lowest BCUT2D eigenvalue weighted by Crippen LogP contribution is -2.21. The molecule has 1 aromatic carbocycles. The van der Waals surface area contributed by atoms with Crippen LogP contribution in [0.4, 0.5) is 0 Å². The second-order valence-corrected chi connectivity index (χ2v) is 8.05. The second kappa shape index (κ2) is 6.64. The highest BCUT2D eigenvalue weighted by molar-refractivity contribution is 9.10. The van der Waals surface area contributed by atoms with Gasteiger partial charge < -0.3 is 5.32 Å². The summed E-state index contributed by atoms with van der Waals surface area (Å²) in [5.41, 5.74) is 2.94. The van der Waals surface area contributed by atoms with E-state index in [0.717, 1.165) is 4.47 Å². The van der Waals surface area contributed by atoms with Crippen LogP contribution in [0.15, 0.2) is 34.8 Å². The summed E-state index contributed by atoms with van der Waals surface area (Å²) in [6.07, 6.45) is 5.29. The molecule has 1 nitrogen and oxygen atoms in total. The minimum Gasteiger partial charge on any atom is -0.303 e. The van der Waals surface area contributed by atoms with Crippen LogP contribution in [-0.4, -0.2) is 0 Å². The lowest BCUT2D eigenvalue weighted by atomic mass is 9.99. The number of halogens is 1. The summed E-state index contributed by atoms with van der Waals surface area (Å²) in [5, 5.41) is 3.74. The number of rotatable bonds is 4. The van der Waals surface area contributed by atoms with Crippen molar-refractivity contribution < 1.29 is 0 Å². The highest BCUT2D eigenvalue weighted by Gasteiger charge is 2.18. The summed E-state index contributed by atoms with van der Waals surface area (Å²) < 4.78 is 1.14. The molecule has 0 amide bonds. The van der Waals surface area contributed by atoms with E-state index < -0.39 is 0 Å². The third-order valence-electron chi connectivity index (χ3n) is 4.31. The zero-order valence-electron chi connectivity index (χ0n) is 12.7.